The van der Waals surface area contributed by atoms with E-state index in [1.54, 1.807) is 6.92 Å². The number of hydrogen-bond acceptors (Lipinski definition) is 5. The Labute approximate surface area is 86.9 Å². The van der Waals surface area contributed by atoms with E-state index in [-0.39, 0.29) is 5.97 Å². The molecule has 0 aliphatic rings. The highest BCUT2D eigenvalue weighted by Gasteiger charge is 2.24. The molecule has 0 aromatic carbocycles. The highest BCUT2D eigenvalue weighted by molar-refractivity contribution is 7.09. The molecule has 14 heavy (non-hydrogen) atoms. The second kappa shape index (κ2) is 5.07. The van der Waals surface area contributed by atoms with Gasteiger partial charge in [0.2, 0.25) is 6.10 Å². The minimum Gasteiger partial charge on any atom is -0.464 e. The maximum atomic E-state index is 11.4. The van der Waals surface area contributed by atoms with Gasteiger partial charge in [0.15, 0.2) is 0 Å². The van der Waals surface area contributed by atoms with E-state index in [4.69, 9.17) is 9.47 Å². The standard InChI is InChI=1S/C9H13NO3S/c1-4-13-9(11)7(12-3)8-10-6(2)5-14-8/h5,7H,4H2,1-3H3/t7-/m0/s1. The summed E-state index contributed by atoms with van der Waals surface area (Å²) < 4.78 is 9.90. The Morgan fingerprint density at radius 3 is 2.86 bits per heavy atom. The highest BCUT2D eigenvalue weighted by atomic mass is 32.1. The molecule has 5 heteroatoms. The average molecular weight is 215 g/mol. The van der Waals surface area contributed by atoms with Crippen LogP contribution in [0, 0.1) is 6.92 Å². The van der Waals surface area contributed by atoms with Crippen molar-refractivity contribution in [3.63, 3.8) is 0 Å². The Hall–Kier alpha value is -0.940. The van der Waals surface area contributed by atoms with Crippen LogP contribution in [0.15, 0.2) is 5.38 Å². The minimum absolute atomic E-state index is 0.350. The van der Waals surface area contributed by atoms with Gasteiger partial charge in [0.25, 0.3) is 0 Å². The highest BCUT2D eigenvalue weighted by Crippen LogP contribution is 2.21. The van der Waals surface area contributed by atoms with Gasteiger partial charge in [-0.05, 0) is 13.8 Å². The normalized spacial score (nSPS) is 12.5. The van der Waals surface area contributed by atoms with Crippen molar-refractivity contribution in [1.82, 2.24) is 4.98 Å². The summed E-state index contributed by atoms with van der Waals surface area (Å²) in [5.74, 6) is -0.385. The second-order valence-electron chi connectivity index (χ2n) is 2.69. The number of thiazole rings is 1. The van der Waals surface area contributed by atoms with Crippen LogP contribution in [0.5, 0.6) is 0 Å². The Kier molecular flexibility index (Phi) is 4.03. The first-order chi connectivity index (χ1) is 6.69. The number of rotatable bonds is 4. The van der Waals surface area contributed by atoms with Crippen molar-refractivity contribution in [2.24, 2.45) is 0 Å². The SMILES string of the molecule is CCOC(=O)[C@@H](OC)c1nc(C)cs1. The first-order valence-corrected chi connectivity index (χ1v) is 5.18. The lowest BCUT2D eigenvalue weighted by Crippen LogP contribution is -2.17. The lowest BCUT2D eigenvalue weighted by Gasteiger charge is -2.10. The number of esters is 1. The lowest BCUT2D eigenvalue weighted by molar-refractivity contribution is -0.155. The van der Waals surface area contributed by atoms with Gasteiger partial charge in [-0.25, -0.2) is 9.78 Å². The molecule has 1 aromatic rings. The van der Waals surface area contributed by atoms with Crippen molar-refractivity contribution in [3.8, 4) is 0 Å². The molecule has 0 amide bonds. The van der Waals surface area contributed by atoms with E-state index in [0.717, 1.165) is 5.69 Å². The maximum Gasteiger partial charge on any atom is 0.342 e. The zero-order valence-electron chi connectivity index (χ0n) is 8.44. The largest absolute Gasteiger partial charge is 0.464 e. The van der Waals surface area contributed by atoms with Crippen LogP contribution in [-0.4, -0.2) is 24.7 Å². The van der Waals surface area contributed by atoms with Gasteiger partial charge in [-0.1, -0.05) is 0 Å². The molecule has 1 rings (SSSR count). The molecule has 0 saturated carbocycles. The van der Waals surface area contributed by atoms with Crippen LogP contribution in [0.4, 0.5) is 0 Å². The number of carbonyl (C=O) groups excluding carboxylic acids is 1. The summed E-state index contributed by atoms with van der Waals surface area (Å²) >= 11 is 1.40. The summed E-state index contributed by atoms with van der Waals surface area (Å²) in [7, 11) is 1.47. The first-order valence-electron chi connectivity index (χ1n) is 4.30. The summed E-state index contributed by atoms with van der Waals surface area (Å²) in [4.78, 5) is 15.6. The van der Waals surface area contributed by atoms with E-state index in [0.29, 0.717) is 11.6 Å². The molecule has 0 unspecified atom stereocenters. The topological polar surface area (TPSA) is 48.4 Å². The van der Waals surface area contributed by atoms with Gasteiger partial charge in [-0.15, -0.1) is 11.3 Å². The van der Waals surface area contributed by atoms with Crippen LogP contribution in [-0.2, 0) is 14.3 Å². The van der Waals surface area contributed by atoms with Crippen molar-refractivity contribution in [2.75, 3.05) is 13.7 Å². The molecular formula is C9H13NO3S. The third-order valence-corrected chi connectivity index (χ3v) is 2.60. The quantitative estimate of drug-likeness (QED) is 0.717. The third-order valence-electron chi connectivity index (χ3n) is 1.60. The van der Waals surface area contributed by atoms with Crippen LogP contribution in [0.3, 0.4) is 0 Å². The fourth-order valence-electron chi connectivity index (χ4n) is 1.01. The van der Waals surface area contributed by atoms with E-state index >= 15 is 0 Å². The number of hydrogen-bond donors (Lipinski definition) is 0. The first kappa shape index (κ1) is 11.1. The predicted molar refractivity (Wildman–Crippen MR) is 53.2 cm³/mol. The van der Waals surface area contributed by atoms with Gasteiger partial charge < -0.3 is 9.47 Å². The van der Waals surface area contributed by atoms with Gasteiger partial charge in [0.05, 0.1) is 6.61 Å². The molecule has 1 heterocycles. The fourth-order valence-corrected chi connectivity index (χ4v) is 1.87. The Balaban J connectivity index is 2.76. The summed E-state index contributed by atoms with van der Waals surface area (Å²) in [6, 6.07) is 0. The number of carbonyl (C=O) groups is 1. The molecule has 78 valence electrons. The molecule has 1 aromatic heterocycles. The summed E-state index contributed by atoms with van der Waals surface area (Å²) in [5, 5.41) is 2.52. The smallest absolute Gasteiger partial charge is 0.342 e. The number of aryl methyl sites for hydroxylation is 1. The van der Waals surface area contributed by atoms with E-state index in [1.165, 1.54) is 18.4 Å². The van der Waals surface area contributed by atoms with Gasteiger partial charge in [0.1, 0.15) is 5.01 Å². The average Bonchev–Trinajstić information content (AvgIpc) is 2.54. The lowest BCUT2D eigenvalue weighted by atomic mass is 10.4. The molecule has 4 nitrogen and oxygen atoms in total. The van der Waals surface area contributed by atoms with E-state index in [2.05, 4.69) is 4.98 Å². The number of methoxy groups -OCH3 is 1. The molecule has 0 spiro atoms. The van der Waals surface area contributed by atoms with Crippen LogP contribution in [0.25, 0.3) is 0 Å². The molecule has 1 atom stereocenters. The molecule has 0 N–H and O–H groups in total. The Morgan fingerprint density at radius 2 is 2.43 bits per heavy atom. The van der Waals surface area contributed by atoms with Crippen LogP contribution in [0.2, 0.25) is 0 Å². The Bertz CT molecular complexity index is 311. The molecule has 0 fully saturated rings. The van der Waals surface area contributed by atoms with Crippen molar-refractivity contribution in [3.05, 3.63) is 16.1 Å². The summed E-state index contributed by atoms with van der Waals surface area (Å²) in [6.07, 6.45) is -0.686. The Morgan fingerprint density at radius 1 is 1.71 bits per heavy atom. The molecule has 0 bridgehead atoms. The van der Waals surface area contributed by atoms with E-state index in [9.17, 15) is 4.79 Å². The van der Waals surface area contributed by atoms with Crippen molar-refractivity contribution in [1.29, 1.82) is 0 Å². The number of nitrogens with zero attached hydrogens (tertiary/aromatic N) is 1. The van der Waals surface area contributed by atoms with Crippen molar-refractivity contribution < 1.29 is 14.3 Å². The predicted octanol–water partition coefficient (Wildman–Crippen LogP) is 1.70. The van der Waals surface area contributed by atoms with E-state index < -0.39 is 6.10 Å². The van der Waals surface area contributed by atoms with E-state index in [1.807, 2.05) is 12.3 Å². The zero-order chi connectivity index (χ0) is 10.6. The zero-order valence-corrected chi connectivity index (χ0v) is 9.26. The molecular weight excluding hydrogens is 202 g/mol. The van der Waals surface area contributed by atoms with Crippen LogP contribution < -0.4 is 0 Å². The number of ether oxygens (including phenoxy) is 2. The second-order valence-corrected chi connectivity index (χ2v) is 3.58. The number of aromatic nitrogens is 1. The molecule has 0 saturated heterocycles. The van der Waals surface area contributed by atoms with Gasteiger partial charge in [-0.3, -0.25) is 0 Å². The minimum atomic E-state index is -0.686. The van der Waals surface area contributed by atoms with Crippen LogP contribution in [0.1, 0.15) is 23.7 Å². The fraction of sp³-hybridized carbons (Fsp3) is 0.556. The van der Waals surface area contributed by atoms with Gasteiger partial charge in [0, 0.05) is 18.2 Å². The molecule has 0 radical (unpaired) electrons. The van der Waals surface area contributed by atoms with Crippen molar-refractivity contribution >= 4 is 17.3 Å². The van der Waals surface area contributed by atoms with Crippen LogP contribution >= 0.6 is 11.3 Å². The molecule has 0 aliphatic heterocycles. The molecule has 0 aliphatic carbocycles. The third kappa shape index (κ3) is 2.52. The summed E-state index contributed by atoms with van der Waals surface area (Å²) in [6.45, 7) is 3.98. The monoisotopic (exact) mass is 215 g/mol. The van der Waals surface area contributed by atoms with Gasteiger partial charge >= 0.3 is 5.97 Å². The van der Waals surface area contributed by atoms with Gasteiger partial charge in [-0.2, -0.15) is 0 Å². The van der Waals surface area contributed by atoms with Crippen molar-refractivity contribution in [2.45, 2.75) is 20.0 Å². The maximum absolute atomic E-state index is 11.4. The summed E-state index contributed by atoms with van der Waals surface area (Å²) in [5.41, 5.74) is 0.886.